The Morgan fingerprint density at radius 2 is 1.70 bits per heavy atom. The van der Waals surface area contributed by atoms with Gasteiger partial charge >= 0.3 is 7.12 Å². The fourth-order valence-corrected chi connectivity index (χ4v) is 3.21. The third-order valence-electron chi connectivity index (χ3n) is 4.56. The molecule has 0 saturated carbocycles. The molecule has 8 heteroatoms. The van der Waals surface area contributed by atoms with Gasteiger partial charge < -0.3 is 29.2 Å². The monoisotopic (exact) mass is 371 g/mol. The Morgan fingerprint density at radius 1 is 1.07 bits per heavy atom. The molecular formula is C19H22BNO6. The lowest BCUT2D eigenvalue weighted by Gasteiger charge is -2.19. The van der Waals surface area contributed by atoms with E-state index in [0.29, 0.717) is 34.0 Å². The maximum absolute atomic E-state index is 12.7. The molecule has 2 aromatic carbocycles. The van der Waals surface area contributed by atoms with Gasteiger partial charge in [-0.25, -0.2) is 0 Å². The van der Waals surface area contributed by atoms with Crippen LogP contribution in [0.5, 0.6) is 17.2 Å². The summed E-state index contributed by atoms with van der Waals surface area (Å²) in [5.41, 5.74) is 1.85. The van der Waals surface area contributed by atoms with E-state index in [4.69, 9.17) is 18.9 Å². The zero-order valence-electron chi connectivity index (χ0n) is 16.0. The van der Waals surface area contributed by atoms with Crippen molar-refractivity contribution in [2.75, 3.05) is 26.6 Å². The Balaban J connectivity index is 1.90. The van der Waals surface area contributed by atoms with E-state index in [1.807, 2.05) is 19.9 Å². The Morgan fingerprint density at radius 3 is 2.26 bits per heavy atom. The van der Waals surface area contributed by atoms with E-state index in [-0.39, 0.29) is 5.91 Å². The lowest BCUT2D eigenvalue weighted by molar-refractivity contribution is 0.100. The molecule has 0 aliphatic carbocycles. The summed E-state index contributed by atoms with van der Waals surface area (Å²) in [5.74, 6) is 0.849. The van der Waals surface area contributed by atoms with E-state index in [2.05, 4.69) is 5.32 Å². The van der Waals surface area contributed by atoms with Crippen LogP contribution in [0.25, 0.3) is 0 Å². The summed E-state index contributed by atoms with van der Waals surface area (Å²) in [6.07, 6.45) is 0. The average molecular weight is 371 g/mol. The Hall–Kier alpha value is -2.71. The van der Waals surface area contributed by atoms with Gasteiger partial charge in [-0.15, -0.1) is 0 Å². The van der Waals surface area contributed by atoms with E-state index in [1.165, 1.54) is 21.3 Å². The second-order valence-electron chi connectivity index (χ2n) is 6.65. The molecule has 2 N–H and O–H groups in total. The largest absolute Gasteiger partial charge is 0.493 e. The topological polar surface area (TPSA) is 86.3 Å². The highest BCUT2D eigenvalue weighted by molar-refractivity contribution is 6.62. The predicted octanol–water partition coefficient (Wildman–Crippen LogP) is 1.92. The summed E-state index contributed by atoms with van der Waals surface area (Å²) in [6.45, 7) is 3.77. The van der Waals surface area contributed by atoms with Crippen molar-refractivity contribution in [3.05, 3.63) is 41.5 Å². The molecule has 2 aromatic rings. The highest BCUT2D eigenvalue weighted by Crippen LogP contribution is 2.38. The van der Waals surface area contributed by atoms with Crippen LogP contribution in [0.2, 0.25) is 0 Å². The van der Waals surface area contributed by atoms with Crippen molar-refractivity contribution in [2.45, 2.75) is 19.4 Å². The molecule has 1 aliphatic heterocycles. The second kappa shape index (κ2) is 7.13. The quantitative estimate of drug-likeness (QED) is 0.781. The van der Waals surface area contributed by atoms with Gasteiger partial charge in [0.05, 0.1) is 26.9 Å². The van der Waals surface area contributed by atoms with Crippen LogP contribution in [0.3, 0.4) is 0 Å². The highest BCUT2D eigenvalue weighted by Gasteiger charge is 2.40. The van der Waals surface area contributed by atoms with E-state index < -0.39 is 12.7 Å². The lowest BCUT2D eigenvalue weighted by Crippen LogP contribution is -2.29. The average Bonchev–Trinajstić information content (AvgIpc) is 2.88. The van der Waals surface area contributed by atoms with Gasteiger partial charge in [0, 0.05) is 11.3 Å². The number of fused-ring (bicyclic) bond motifs is 1. The van der Waals surface area contributed by atoms with Crippen LogP contribution in [0.1, 0.15) is 29.8 Å². The molecule has 1 heterocycles. The lowest BCUT2D eigenvalue weighted by atomic mass is 9.78. The molecule has 142 valence electrons. The number of methoxy groups -OCH3 is 3. The first kappa shape index (κ1) is 19.1. The van der Waals surface area contributed by atoms with Gasteiger partial charge in [0.15, 0.2) is 11.5 Å². The minimum absolute atomic E-state index is 0.345. The smallest absolute Gasteiger partial charge is 0.492 e. The van der Waals surface area contributed by atoms with E-state index in [9.17, 15) is 9.82 Å². The molecule has 0 atom stereocenters. The van der Waals surface area contributed by atoms with Crippen molar-refractivity contribution in [3.63, 3.8) is 0 Å². The van der Waals surface area contributed by atoms with Gasteiger partial charge in [-0.05, 0) is 49.1 Å². The van der Waals surface area contributed by atoms with Crippen molar-refractivity contribution in [2.24, 2.45) is 0 Å². The first-order valence-electron chi connectivity index (χ1n) is 8.42. The highest BCUT2D eigenvalue weighted by atomic mass is 16.5. The van der Waals surface area contributed by atoms with Crippen molar-refractivity contribution in [1.82, 2.24) is 0 Å². The molecule has 0 unspecified atom stereocenters. The zero-order chi connectivity index (χ0) is 19.8. The second-order valence-corrected chi connectivity index (χ2v) is 6.65. The first-order valence-corrected chi connectivity index (χ1v) is 8.42. The maximum atomic E-state index is 12.7. The molecule has 0 saturated heterocycles. The number of benzene rings is 2. The summed E-state index contributed by atoms with van der Waals surface area (Å²) in [7, 11) is 3.46. The van der Waals surface area contributed by atoms with Gasteiger partial charge in [0.2, 0.25) is 5.75 Å². The van der Waals surface area contributed by atoms with Crippen LogP contribution < -0.4 is 25.0 Å². The number of anilines is 1. The number of carbonyl (C=O) groups is 1. The van der Waals surface area contributed by atoms with Crippen LogP contribution in [0, 0.1) is 0 Å². The number of nitrogens with one attached hydrogen (secondary N) is 1. The van der Waals surface area contributed by atoms with Gasteiger partial charge in [0.1, 0.15) is 0 Å². The Labute approximate surface area is 158 Å². The number of hydrogen-bond acceptors (Lipinski definition) is 6. The summed E-state index contributed by atoms with van der Waals surface area (Å²) < 4.78 is 21.4. The summed E-state index contributed by atoms with van der Waals surface area (Å²) in [5, 5.41) is 12.9. The Kier molecular flexibility index (Phi) is 5.04. The van der Waals surface area contributed by atoms with Crippen LogP contribution >= 0.6 is 0 Å². The third kappa shape index (κ3) is 3.45. The first-order chi connectivity index (χ1) is 12.8. The summed E-state index contributed by atoms with van der Waals surface area (Å²) in [4.78, 5) is 12.7. The molecule has 1 aliphatic rings. The van der Waals surface area contributed by atoms with Crippen molar-refractivity contribution in [3.8, 4) is 17.2 Å². The molecular weight excluding hydrogens is 349 g/mol. The summed E-state index contributed by atoms with van der Waals surface area (Å²) >= 11 is 0. The summed E-state index contributed by atoms with van der Waals surface area (Å²) in [6, 6.07) is 8.48. The minimum Gasteiger partial charge on any atom is -0.493 e. The molecule has 0 radical (unpaired) electrons. The molecule has 1 amide bonds. The van der Waals surface area contributed by atoms with Crippen molar-refractivity contribution >= 4 is 24.2 Å². The molecule has 0 aromatic heterocycles. The van der Waals surface area contributed by atoms with Crippen molar-refractivity contribution in [1.29, 1.82) is 0 Å². The molecule has 27 heavy (non-hydrogen) atoms. The fourth-order valence-electron chi connectivity index (χ4n) is 3.21. The fraction of sp³-hybridized carbons (Fsp3) is 0.316. The molecule has 0 spiro atoms. The standard InChI is InChI=1S/C19H22BNO6/c1-19(2)13-7-6-12(10-14(13)20(23)27-19)21-18(22)11-8-15(24-3)17(26-5)16(9-11)25-4/h6-10,23H,1-5H3,(H,21,22). The number of amides is 1. The van der Waals surface area contributed by atoms with Gasteiger partial charge in [0.25, 0.3) is 5.91 Å². The van der Waals surface area contributed by atoms with Gasteiger partial charge in [-0.2, -0.15) is 0 Å². The van der Waals surface area contributed by atoms with Gasteiger partial charge in [-0.3, -0.25) is 4.79 Å². The normalized spacial score (nSPS) is 14.5. The molecule has 0 bridgehead atoms. The van der Waals surface area contributed by atoms with Crippen molar-refractivity contribution < 1.29 is 28.7 Å². The molecule has 7 nitrogen and oxygen atoms in total. The SMILES string of the molecule is COc1cc(C(=O)Nc2ccc3c(c2)B(O)OC3(C)C)cc(OC)c1OC. The van der Waals surface area contributed by atoms with Gasteiger partial charge in [-0.1, -0.05) is 6.07 Å². The van der Waals surface area contributed by atoms with Crippen LogP contribution in [-0.2, 0) is 10.3 Å². The number of hydrogen-bond donors (Lipinski definition) is 2. The molecule has 0 fully saturated rings. The zero-order valence-corrected chi connectivity index (χ0v) is 16.0. The van der Waals surface area contributed by atoms with E-state index in [1.54, 1.807) is 24.3 Å². The van der Waals surface area contributed by atoms with E-state index >= 15 is 0 Å². The van der Waals surface area contributed by atoms with Crippen LogP contribution in [0.15, 0.2) is 30.3 Å². The number of carbonyl (C=O) groups excluding carboxylic acids is 1. The van der Waals surface area contributed by atoms with Crippen LogP contribution in [-0.4, -0.2) is 39.4 Å². The maximum Gasteiger partial charge on any atom is 0.492 e. The number of ether oxygens (including phenoxy) is 3. The molecule has 3 rings (SSSR count). The number of rotatable bonds is 5. The minimum atomic E-state index is -1.02. The van der Waals surface area contributed by atoms with E-state index in [0.717, 1.165) is 5.56 Å². The third-order valence-corrected chi connectivity index (χ3v) is 4.56. The van der Waals surface area contributed by atoms with Crippen LogP contribution in [0.4, 0.5) is 5.69 Å². The Bertz CT molecular complexity index is 857. The predicted molar refractivity (Wildman–Crippen MR) is 102 cm³/mol.